The Labute approximate surface area is 87.8 Å². The number of carbonyl (C=O) groups excluding carboxylic acids is 1. The van der Waals surface area contributed by atoms with E-state index in [1.54, 1.807) is 38.2 Å². The minimum absolute atomic E-state index is 0.0931. The molecule has 1 rings (SSSR count). The monoisotopic (exact) mass is 207 g/mol. The Hall–Kier alpha value is -1.84. The normalized spacial score (nSPS) is 10.6. The third kappa shape index (κ3) is 2.80. The summed E-state index contributed by atoms with van der Waals surface area (Å²) in [7, 11) is 3.59. The van der Waals surface area contributed by atoms with Gasteiger partial charge in [0.25, 0.3) is 0 Å². The van der Waals surface area contributed by atoms with Crippen LogP contribution in [-0.2, 0) is 0 Å². The summed E-state index contributed by atoms with van der Waals surface area (Å²) in [5.41, 5.74) is 0.124. The molecule has 15 heavy (non-hydrogen) atoms. The average Bonchev–Trinajstić information content (AvgIpc) is 2.14. The molecular weight excluding hydrogens is 194 g/mol. The van der Waals surface area contributed by atoms with Crippen molar-refractivity contribution in [2.75, 3.05) is 14.1 Å². The number of rotatable bonds is 3. The second-order valence-electron chi connectivity index (χ2n) is 3.41. The lowest BCUT2D eigenvalue weighted by molar-refractivity contribution is 0.104. The van der Waals surface area contributed by atoms with Crippen molar-refractivity contribution in [1.29, 1.82) is 0 Å². The van der Waals surface area contributed by atoms with Gasteiger partial charge in [-0.25, -0.2) is 4.79 Å². The highest BCUT2D eigenvalue weighted by Gasteiger charge is 2.11. The zero-order chi connectivity index (χ0) is 11.4. The van der Waals surface area contributed by atoms with Crippen LogP contribution in [0.2, 0.25) is 0 Å². The van der Waals surface area contributed by atoms with E-state index in [2.05, 4.69) is 4.42 Å². The molecule has 0 aliphatic rings. The van der Waals surface area contributed by atoms with Crippen LogP contribution in [0.25, 0.3) is 0 Å². The molecule has 0 aromatic carbocycles. The van der Waals surface area contributed by atoms with Crippen LogP contribution in [0, 0.1) is 6.92 Å². The fourth-order valence-electron chi connectivity index (χ4n) is 1.10. The highest BCUT2D eigenvalue weighted by Crippen LogP contribution is 2.03. The standard InChI is InChI=1S/C11H13NO3/c1-8-5-7-15-11(14)10(8)9(13)4-6-12(2)3/h4-7H,1-3H3/b6-4+. The third-order valence-electron chi connectivity index (χ3n) is 1.86. The van der Waals surface area contributed by atoms with E-state index in [0.29, 0.717) is 5.56 Å². The lowest BCUT2D eigenvalue weighted by atomic mass is 10.1. The molecule has 0 fully saturated rings. The zero-order valence-electron chi connectivity index (χ0n) is 8.98. The zero-order valence-corrected chi connectivity index (χ0v) is 8.98. The van der Waals surface area contributed by atoms with Gasteiger partial charge in [-0.2, -0.15) is 0 Å². The first-order chi connectivity index (χ1) is 7.02. The minimum atomic E-state index is -0.594. The van der Waals surface area contributed by atoms with Gasteiger partial charge >= 0.3 is 5.63 Å². The molecule has 0 bridgehead atoms. The summed E-state index contributed by atoms with van der Waals surface area (Å²) < 4.78 is 4.64. The number of carbonyl (C=O) groups is 1. The van der Waals surface area contributed by atoms with Crippen molar-refractivity contribution in [2.24, 2.45) is 0 Å². The summed E-state index contributed by atoms with van der Waals surface area (Å²) in [6.07, 6.45) is 4.22. The van der Waals surface area contributed by atoms with E-state index >= 15 is 0 Å². The summed E-state index contributed by atoms with van der Waals surface area (Å²) in [6, 6.07) is 1.60. The van der Waals surface area contributed by atoms with Crippen molar-refractivity contribution in [3.05, 3.63) is 46.2 Å². The minimum Gasteiger partial charge on any atom is -0.431 e. The van der Waals surface area contributed by atoms with Crippen LogP contribution in [0.15, 0.2) is 33.8 Å². The quantitative estimate of drug-likeness (QED) is 0.552. The van der Waals surface area contributed by atoms with Gasteiger partial charge in [0.15, 0.2) is 5.78 Å². The van der Waals surface area contributed by atoms with Gasteiger partial charge in [-0.3, -0.25) is 4.79 Å². The van der Waals surface area contributed by atoms with E-state index in [-0.39, 0.29) is 11.3 Å². The average molecular weight is 207 g/mol. The Morgan fingerprint density at radius 3 is 2.67 bits per heavy atom. The van der Waals surface area contributed by atoms with Crippen molar-refractivity contribution in [3.63, 3.8) is 0 Å². The lowest BCUT2D eigenvalue weighted by Crippen LogP contribution is -2.14. The summed E-state index contributed by atoms with van der Waals surface area (Å²) in [6.45, 7) is 1.70. The third-order valence-corrected chi connectivity index (χ3v) is 1.86. The summed E-state index contributed by atoms with van der Waals surface area (Å²) in [5, 5.41) is 0. The molecular formula is C11H13NO3. The van der Waals surface area contributed by atoms with E-state index < -0.39 is 5.63 Å². The maximum atomic E-state index is 11.6. The smallest absolute Gasteiger partial charge is 0.347 e. The van der Waals surface area contributed by atoms with Crippen LogP contribution in [0.4, 0.5) is 0 Å². The molecule has 0 aliphatic carbocycles. The molecule has 0 atom stereocenters. The summed E-state index contributed by atoms with van der Waals surface area (Å²) >= 11 is 0. The van der Waals surface area contributed by atoms with E-state index in [1.807, 2.05) is 0 Å². The van der Waals surface area contributed by atoms with Gasteiger partial charge in [0.05, 0.1) is 6.26 Å². The van der Waals surface area contributed by atoms with Gasteiger partial charge in [0, 0.05) is 26.4 Å². The Bertz CT molecular complexity index is 443. The summed E-state index contributed by atoms with van der Waals surface area (Å²) in [4.78, 5) is 24.6. The topological polar surface area (TPSA) is 50.5 Å². The molecule has 1 aromatic rings. The molecule has 4 heteroatoms. The molecule has 80 valence electrons. The fraction of sp³-hybridized carbons (Fsp3) is 0.273. The van der Waals surface area contributed by atoms with E-state index in [1.165, 1.54) is 12.3 Å². The Morgan fingerprint density at radius 1 is 1.47 bits per heavy atom. The number of nitrogens with zero attached hydrogens (tertiary/aromatic N) is 1. The molecule has 0 saturated carbocycles. The van der Waals surface area contributed by atoms with Crippen LogP contribution in [0.1, 0.15) is 15.9 Å². The SMILES string of the molecule is Cc1ccoc(=O)c1C(=O)/C=C/N(C)C. The van der Waals surface area contributed by atoms with Gasteiger partial charge in [0.1, 0.15) is 5.56 Å². The van der Waals surface area contributed by atoms with Crippen molar-refractivity contribution >= 4 is 5.78 Å². The number of hydrogen-bond donors (Lipinski definition) is 0. The van der Waals surface area contributed by atoms with E-state index in [4.69, 9.17) is 0 Å². The predicted molar refractivity (Wildman–Crippen MR) is 56.9 cm³/mol. The largest absolute Gasteiger partial charge is 0.431 e. The first-order valence-electron chi connectivity index (χ1n) is 4.49. The molecule has 0 radical (unpaired) electrons. The molecule has 0 spiro atoms. The molecule has 1 aromatic heterocycles. The van der Waals surface area contributed by atoms with Crippen LogP contribution in [0.5, 0.6) is 0 Å². The molecule has 0 amide bonds. The number of allylic oxidation sites excluding steroid dienone is 1. The van der Waals surface area contributed by atoms with Crippen molar-refractivity contribution in [1.82, 2.24) is 4.90 Å². The fourth-order valence-corrected chi connectivity index (χ4v) is 1.10. The second kappa shape index (κ2) is 4.59. The maximum Gasteiger partial charge on any atom is 0.347 e. The van der Waals surface area contributed by atoms with Gasteiger partial charge in [-0.15, -0.1) is 0 Å². The molecule has 0 N–H and O–H groups in total. The van der Waals surface area contributed by atoms with Crippen LogP contribution in [0.3, 0.4) is 0 Å². The van der Waals surface area contributed by atoms with Gasteiger partial charge < -0.3 is 9.32 Å². The maximum absolute atomic E-state index is 11.6. The Balaban J connectivity index is 3.07. The van der Waals surface area contributed by atoms with Gasteiger partial charge in [0.2, 0.25) is 0 Å². The summed E-state index contributed by atoms with van der Waals surface area (Å²) in [5.74, 6) is -0.337. The Morgan fingerprint density at radius 2 is 2.13 bits per heavy atom. The van der Waals surface area contributed by atoms with Crippen molar-refractivity contribution in [2.45, 2.75) is 6.92 Å². The van der Waals surface area contributed by atoms with Crippen LogP contribution in [-0.4, -0.2) is 24.8 Å². The Kier molecular flexibility index (Phi) is 3.44. The predicted octanol–water partition coefficient (Wildman–Crippen LogP) is 1.21. The molecule has 0 unspecified atom stereocenters. The van der Waals surface area contributed by atoms with Gasteiger partial charge in [-0.1, -0.05) is 0 Å². The first-order valence-corrected chi connectivity index (χ1v) is 4.49. The number of aryl methyl sites for hydroxylation is 1. The molecule has 1 heterocycles. The number of hydrogen-bond acceptors (Lipinski definition) is 4. The second-order valence-corrected chi connectivity index (χ2v) is 3.41. The highest BCUT2D eigenvalue weighted by atomic mass is 16.4. The van der Waals surface area contributed by atoms with Crippen LogP contribution < -0.4 is 5.63 Å². The number of ketones is 1. The van der Waals surface area contributed by atoms with Gasteiger partial charge in [-0.05, 0) is 18.6 Å². The van der Waals surface area contributed by atoms with Crippen molar-refractivity contribution in [3.8, 4) is 0 Å². The highest BCUT2D eigenvalue weighted by molar-refractivity contribution is 6.05. The van der Waals surface area contributed by atoms with Crippen LogP contribution >= 0.6 is 0 Å². The molecule has 4 nitrogen and oxygen atoms in total. The van der Waals surface area contributed by atoms with E-state index in [0.717, 1.165) is 0 Å². The first kappa shape index (κ1) is 11.2. The van der Waals surface area contributed by atoms with Crippen molar-refractivity contribution < 1.29 is 9.21 Å². The lowest BCUT2D eigenvalue weighted by Gasteiger charge is -2.03. The molecule has 0 saturated heterocycles. The van der Waals surface area contributed by atoms with E-state index in [9.17, 15) is 9.59 Å². The molecule has 0 aliphatic heterocycles.